The van der Waals surface area contributed by atoms with Crippen LogP contribution < -0.4 is 10.6 Å². The molecule has 4 amide bonds. The number of likely N-dealkylation sites (tertiary alicyclic amines) is 1. The lowest BCUT2D eigenvalue weighted by Crippen LogP contribution is -2.64. The predicted octanol–water partition coefficient (Wildman–Crippen LogP) is -0.452. The summed E-state index contributed by atoms with van der Waals surface area (Å²) in [6.45, 7) is 6.99. The minimum Gasteiger partial charge on any atom is -0.480 e. The molecule has 0 bridgehead atoms. The molecular formula is C19H33N5O5. The third-order valence-electron chi connectivity index (χ3n) is 5.65. The number of rotatable bonds is 6. The largest absolute Gasteiger partial charge is 0.480 e. The van der Waals surface area contributed by atoms with E-state index in [-0.39, 0.29) is 37.5 Å². The number of carbonyl (C=O) groups excluding carboxylic acids is 3. The fraction of sp³-hybridized carbons (Fsp3) is 0.789. The van der Waals surface area contributed by atoms with Gasteiger partial charge >= 0.3 is 12.0 Å². The molecule has 0 aromatic carbocycles. The van der Waals surface area contributed by atoms with Crippen molar-refractivity contribution in [2.75, 3.05) is 39.8 Å². The zero-order valence-electron chi connectivity index (χ0n) is 17.7. The number of urea groups is 1. The lowest BCUT2D eigenvalue weighted by Gasteiger charge is -2.42. The highest BCUT2D eigenvalue weighted by molar-refractivity contribution is 5.92. The van der Waals surface area contributed by atoms with Gasteiger partial charge in [0.15, 0.2) is 0 Å². The minimum absolute atomic E-state index is 0.0535. The van der Waals surface area contributed by atoms with Gasteiger partial charge in [-0.25, -0.2) is 9.59 Å². The Balaban J connectivity index is 2.12. The lowest BCUT2D eigenvalue weighted by atomic mass is 10.00. The Hall–Kier alpha value is -2.36. The number of hydrogen-bond donors (Lipinski definition) is 3. The van der Waals surface area contributed by atoms with Crippen LogP contribution in [0.25, 0.3) is 0 Å². The summed E-state index contributed by atoms with van der Waals surface area (Å²) in [4.78, 5) is 54.5. The van der Waals surface area contributed by atoms with Gasteiger partial charge in [0.2, 0.25) is 11.8 Å². The highest BCUT2D eigenvalue weighted by Gasteiger charge is 2.41. The number of carboxylic acid groups (broad SMARTS) is 1. The molecule has 3 atom stereocenters. The van der Waals surface area contributed by atoms with E-state index >= 15 is 0 Å². The summed E-state index contributed by atoms with van der Waals surface area (Å²) in [6.07, 6.45) is 1.90. The zero-order chi connectivity index (χ0) is 21.7. The minimum atomic E-state index is -1.16. The first-order chi connectivity index (χ1) is 13.7. The van der Waals surface area contributed by atoms with Crippen LogP contribution >= 0.6 is 0 Å². The maximum Gasteiger partial charge on any atom is 0.328 e. The van der Waals surface area contributed by atoms with Crippen LogP contribution in [0, 0.1) is 5.92 Å². The number of carbonyl (C=O) groups is 4. The fourth-order valence-corrected chi connectivity index (χ4v) is 3.64. The first kappa shape index (κ1) is 22.9. The van der Waals surface area contributed by atoms with Crippen LogP contribution in [0.15, 0.2) is 0 Å². The molecule has 0 spiro atoms. The van der Waals surface area contributed by atoms with Crippen LogP contribution in [0.4, 0.5) is 4.79 Å². The molecule has 10 nitrogen and oxygen atoms in total. The number of likely N-dealkylation sites (N-methyl/N-ethyl adjacent to an activating group) is 1. The molecule has 0 radical (unpaired) electrons. The summed E-state index contributed by atoms with van der Waals surface area (Å²) in [5, 5.41) is 15.3. The summed E-state index contributed by atoms with van der Waals surface area (Å²) in [5.74, 6) is -2.13. The number of amides is 4. The van der Waals surface area contributed by atoms with E-state index in [0.29, 0.717) is 13.1 Å². The van der Waals surface area contributed by atoms with Crippen LogP contribution in [-0.4, -0.2) is 102 Å². The van der Waals surface area contributed by atoms with E-state index in [9.17, 15) is 24.3 Å². The summed E-state index contributed by atoms with van der Waals surface area (Å²) in [7, 11) is 1.65. The quantitative estimate of drug-likeness (QED) is 0.544. The van der Waals surface area contributed by atoms with Gasteiger partial charge in [-0.1, -0.05) is 13.8 Å². The third-order valence-corrected chi connectivity index (χ3v) is 5.65. The van der Waals surface area contributed by atoms with Crippen molar-refractivity contribution in [3.05, 3.63) is 0 Å². The first-order valence-electron chi connectivity index (χ1n) is 10.2. The van der Waals surface area contributed by atoms with Gasteiger partial charge in [0.1, 0.15) is 12.1 Å². The van der Waals surface area contributed by atoms with E-state index < -0.39 is 30.0 Å². The van der Waals surface area contributed by atoms with Crippen LogP contribution in [0.5, 0.6) is 0 Å². The number of aliphatic carboxylic acids is 1. The molecule has 2 aliphatic heterocycles. The Morgan fingerprint density at radius 1 is 0.966 bits per heavy atom. The second-order valence-corrected chi connectivity index (χ2v) is 8.05. The number of piperazine rings is 1. The highest BCUT2D eigenvalue weighted by atomic mass is 16.4. The van der Waals surface area contributed by atoms with Gasteiger partial charge < -0.3 is 30.4 Å². The van der Waals surface area contributed by atoms with E-state index in [1.165, 1.54) is 9.80 Å². The van der Waals surface area contributed by atoms with Crippen molar-refractivity contribution < 1.29 is 24.3 Å². The van der Waals surface area contributed by atoms with Crippen molar-refractivity contribution in [1.82, 2.24) is 25.3 Å². The van der Waals surface area contributed by atoms with Gasteiger partial charge in [-0.3, -0.25) is 9.59 Å². The Morgan fingerprint density at radius 3 is 2.10 bits per heavy atom. The van der Waals surface area contributed by atoms with E-state index in [0.717, 1.165) is 12.8 Å². The van der Waals surface area contributed by atoms with Crippen LogP contribution in [0.1, 0.15) is 33.6 Å². The van der Waals surface area contributed by atoms with Gasteiger partial charge in [0, 0.05) is 26.2 Å². The van der Waals surface area contributed by atoms with Crippen molar-refractivity contribution in [1.29, 1.82) is 0 Å². The normalized spacial score (nSPS) is 21.8. The molecule has 2 aliphatic rings. The summed E-state index contributed by atoms with van der Waals surface area (Å²) in [5.41, 5.74) is 0. The monoisotopic (exact) mass is 411 g/mol. The Kier molecular flexibility index (Phi) is 7.83. The van der Waals surface area contributed by atoms with E-state index in [1.54, 1.807) is 32.7 Å². The van der Waals surface area contributed by atoms with Crippen molar-refractivity contribution in [2.45, 2.75) is 51.7 Å². The molecule has 164 valence electrons. The van der Waals surface area contributed by atoms with Gasteiger partial charge in [-0.15, -0.1) is 0 Å². The van der Waals surface area contributed by atoms with Gasteiger partial charge in [-0.05, 0) is 32.7 Å². The number of nitrogens with zero attached hydrogens (tertiary/aromatic N) is 3. The van der Waals surface area contributed by atoms with Crippen molar-refractivity contribution >= 4 is 23.8 Å². The molecule has 2 rings (SSSR count). The molecule has 29 heavy (non-hydrogen) atoms. The standard InChI is InChI=1S/C19H33N5O5/c1-12(2)15(21-16(25)13(3)20-4)17(26)24-10-9-23(11-14(24)18(27)28)19(29)22-7-5-6-8-22/h12-15,20H,5-11H2,1-4H3,(H,21,25)(H,27,28)/t13-,14-,15-/m0/s1. The van der Waals surface area contributed by atoms with Crippen molar-refractivity contribution in [3.8, 4) is 0 Å². The Morgan fingerprint density at radius 2 is 1.59 bits per heavy atom. The number of nitrogens with one attached hydrogen (secondary N) is 2. The summed E-state index contributed by atoms with van der Waals surface area (Å²) < 4.78 is 0. The van der Waals surface area contributed by atoms with Crippen LogP contribution in [-0.2, 0) is 14.4 Å². The van der Waals surface area contributed by atoms with Gasteiger partial charge in [0.25, 0.3) is 0 Å². The molecule has 2 fully saturated rings. The molecule has 0 saturated carbocycles. The molecule has 0 aromatic rings. The molecule has 0 aliphatic carbocycles. The van der Waals surface area contributed by atoms with E-state index in [1.807, 2.05) is 0 Å². The lowest BCUT2D eigenvalue weighted by molar-refractivity contribution is -0.155. The smallest absolute Gasteiger partial charge is 0.328 e. The predicted molar refractivity (Wildman–Crippen MR) is 106 cm³/mol. The maximum absolute atomic E-state index is 13.1. The van der Waals surface area contributed by atoms with E-state index in [4.69, 9.17) is 0 Å². The van der Waals surface area contributed by atoms with Crippen LogP contribution in [0.3, 0.4) is 0 Å². The second-order valence-electron chi connectivity index (χ2n) is 8.05. The summed E-state index contributed by atoms with van der Waals surface area (Å²) >= 11 is 0. The average Bonchev–Trinajstić information content (AvgIpc) is 3.24. The SMILES string of the molecule is CN[C@@H](C)C(=O)N[C@H](C(=O)N1CCN(C(=O)N2CCCC2)C[C@H]1C(=O)O)C(C)C. The van der Waals surface area contributed by atoms with Crippen molar-refractivity contribution in [3.63, 3.8) is 0 Å². The number of hydrogen-bond acceptors (Lipinski definition) is 5. The van der Waals surface area contributed by atoms with Gasteiger partial charge in [0.05, 0.1) is 12.6 Å². The van der Waals surface area contributed by atoms with Gasteiger partial charge in [-0.2, -0.15) is 0 Å². The molecule has 0 unspecified atom stereocenters. The van der Waals surface area contributed by atoms with E-state index in [2.05, 4.69) is 10.6 Å². The molecule has 2 saturated heterocycles. The zero-order valence-corrected chi connectivity index (χ0v) is 17.7. The van der Waals surface area contributed by atoms with Crippen LogP contribution in [0.2, 0.25) is 0 Å². The van der Waals surface area contributed by atoms with Crippen molar-refractivity contribution in [2.24, 2.45) is 5.92 Å². The number of carboxylic acids is 1. The summed E-state index contributed by atoms with van der Waals surface area (Å²) in [6, 6.07) is -2.62. The second kappa shape index (κ2) is 9.91. The molecular weight excluding hydrogens is 378 g/mol. The first-order valence-corrected chi connectivity index (χ1v) is 10.2. The third kappa shape index (κ3) is 5.37. The maximum atomic E-state index is 13.1. The average molecular weight is 412 g/mol. The molecule has 3 N–H and O–H groups in total. The molecule has 2 heterocycles. The fourth-order valence-electron chi connectivity index (χ4n) is 3.64. The Labute approximate surface area is 171 Å². The highest BCUT2D eigenvalue weighted by Crippen LogP contribution is 2.18. The molecule has 0 aromatic heterocycles. The Bertz CT molecular complexity index is 634. The topological polar surface area (TPSA) is 122 Å². The molecule has 10 heteroatoms.